The van der Waals surface area contributed by atoms with Crippen molar-refractivity contribution in [2.75, 3.05) is 26.4 Å². The highest BCUT2D eigenvalue weighted by Gasteiger charge is 2.32. The van der Waals surface area contributed by atoms with Gasteiger partial charge in [-0.15, -0.1) is 11.8 Å². The summed E-state index contributed by atoms with van der Waals surface area (Å²) in [5.74, 6) is 1.03. The minimum atomic E-state index is -0.684. The van der Waals surface area contributed by atoms with Crippen molar-refractivity contribution >= 4 is 11.8 Å². The molecule has 0 bridgehead atoms. The Labute approximate surface area is 120 Å². The van der Waals surface area contributed by atoms with Crippen LogP contribution in [0.2, 0.25) is 0 Å². The molecule has 0 unspecified atom stereocenters. The lowest BCUT2D eigenvalue weighted by molar-refractivity contribution is -0.00510. The number of hydrogen-bond donors (Lipinski definition) is 1. The molecular weight excluding hydrogens is 256 g/mol. The quantitative estimate of drug-likeness (QED) is 0.841. The van der Waals surface area contributed by atoms with E-state index in [1.807, 2.05) is 18.2 Å². The van der Waals surface area contributed by atoms with Crippen LogP contribution in [0.5, 0.6) is 0 Å². The monoisotopic (exact) mass is 280 g/mol. The maximum Gasteiger partial charge on any atom is 0.107 e. The van der Waals surface area contributed by atoms with Crippen molar-refractivity contribution in [3.05, 3.63) is 23.9 Å². The van der Waals surface area contributed by atoms with E-state index in [1.54, 1.807) is 11.8 Å². The van der Waals surface area contributed by atoms with Gasteiger partial charge < -0.3 is 10.0 Å². The van der Waals surface area contributed by atoms with Crippen LogP contribution >= 0.6 is 11.8 Å². The molecule has 1 aliphatic carbocycles. The van der Waals surface area contributed by atoms with Crippen molar-refractivity contribution in [3.63, 3.8) is 0 Å². The highest BCUT2D eigenvalue weighted by molar-refractivity contribution is 7.99. The Kier molecular flexibility index (Phi) is 5.25. The normalized spacial score (nSPS) is 18.7. The molecule has 0 spiro atoms. The Hall–Kier alpha value is -0.580. The predicted molar refractivity (Wildman–Crippen MR) is 80.5 cm³/mol. The molecule has 106 valence electrons. The van der Waals surface area contributed by atoms with E-state index in [-0.39, 0.29) is 0 Å². The van der Waals surface area contributed by atoms with E-state index in [0.29, 0.717) is 0 Å². The first-order chi connectivity index (χ1) is 9.10. The van der Waals surface area contributed by atoms with Gasteiger partial charge in [-0.25, -0.2) is 4.98 Å². The lowest BCUT2D eigenvalue weighted by atomic mass is 9.82. The topological polar surface area (TPSA) is 36.4 Å². The third-order valence-electron chi connectivity index (χ3n) is 3.67. The van der Waals surface area contributed by atoms with E-state index in [4.69, 9.17) is 0 Å². The Morgan fingerprint density at radius 2 is 2.00 bits per heavy atom. The molecule has 19 heavy (non-hydrogen) atoms. The van der Waals surface area contributed by atoms with Gasteiger partial charge in [0.05, 0.1) is 10.7 Å². The molecule has 3 nitrogen and oxygen atoms in total. The van der Waals surface area contributed by atoms with Crippen molar-refractivity contribution in [2.24, 2.45) is 0 Å². The second-order valence-corrected chi connectivity index (χ2v) is 6.72. The summed E-state index contributed by atoms with van der Waals surface area (Å²) in [5.41, 5.74) is 0.179. The van der Waals surface area contributed by atoms with E-state index in [1.165, 1.54) is 6.42 Å². The zero-order chi connectivity index (χ0) is 13.7. The molecule has 0 aliphatic heterocycles. The van der Waals surface area contributed by atoms with Gasteiger partial charge in [-0.1, -0.05) is 25.3 Å². The standard InChI is InChI=1S/C15H24N2OS/c1-17(2)11-12-19-14-8-6-7-13(16-14)15(18)9-4-3-5-10-15/h6-8,18H,3-5,9-12H2,1-2H3. The van der Waals surface area contributed by atoms with E-state index < -0.39 is 5.60 Å². The zero-order valence-corrected chi connectivity index (χ0v) is 12.7. The molecule has 1 N–H and O–H groups in total. The summed E-state index contributed by atoms with van der Waals surface area (Å²) >= 11 is 1.76. The fraction of sp³-hybridized carbons (Fsp3) is 0.667. The van der Waals surface area contributed by atoms with Crippen molar-refractivity contribution in [2.45, 2.75) is 42.7 Å². The minimum absolute atomic E-state index is 0.684. The summed E-state index contributed by atoms with van der Waals surface area (Å²) < 4.78 is 0. The fourth-order valence-corrected chi connectivity index (χ4v) is 3.48. The van der Waals surface area contributed by atoms with E-state index in [9.17, 15) is 5.11 Å². The summed E-state index contributed by atoms with van der Waals surface area (Å²) in [4.78, 5) is 6.83. The molecule has 4 heteroatoms. The first kappa shape index (κ1) is 14.8. The second kappa shape index (κ2) is 6.73. The number of rotatable bonds is 5. The van der Waals surface area contributed by atoms with Gasteiger partial charge in [-0.05, 0) is 39.1 Å². The number of pyridine rings is 1. The fourth-order valence-electron chi connectivity index (χ4n) is 2.48. The first-order valence-electron chi connectivity index (χ1n) is 7.08. The maximum atomic E-state index is 10.7. The van der Waals surface area contributed by atoms with Crippen molar-refractivity contribution in [1.82, 2.24) is 9.88 Å². The average molecular weight is 280 g/mol. The Morgan fingerprint density at radius 3 is 2.68 bits per heavy atom. The Morgan fingerprint density at radius 1 is 1.26 bits per heavy atom. The Bertz CT molecular complexity index is 403. The van der Waals surface area contributed by atoms with Gasteiger partial charge in [-0.2, -0.15) is 0 Å². The van der Waals surface area contributed by atoms with Gasteiger partial charge in [0.1, 0.15) is 5.60 Å². The van der Waals surface area contributed by atoms with Crippen LogP contribution in [0.15, 0.2) is 23.2 Å². The van der Waals surface area contributed by atoms with Crippen LogP contribution in [0.3, 0.4) is 0 Å². The number of aliphatic hydroxyl groups is 1. The molecular formula is C15H24N2OS. The van der Waals surface area contributed by atoms with E-state index in [2.05, 4.69) is 24.0 Å². The van der Waals surface area contributed by atoms with Gasteiger partial charge in [0.25, 0.3) is 0 Å². The van der Waals surface area contributed by atoms with Crippen LogP contribution in [-0.2, 0) is 5.60 Å². The third-order valence-corrected chi connectivity index (χ3v) is 4.58. The number of aromatic nitrogens is 1. The van der Waals surface area contributed by atoms with Gasteiger partial charge in [0.2, 0.25) is 0 Å². The molecule has 0 saturated heterocycles. The van der Waals surface area contributed by atoms with Gasteiger partial charge in [-0.3, -0.25) is 0 Å². The number of hydrogen-bond acceptors (Lipinski definition) is 4. The molecule has 1 fully saturated rings. The van der Waals surface area contributed by atoms with E-state index >= 15 is 0 Å². The summed E-state index contributed by atoms with van der Waals surface area (Å²) in [6.07, 6.45) is 5.16. The van der Waals surface area contributed by atoms with Crippen molar-refractivity contribution in [1.29, 1.82) is 0 Å². The first-order valence-corrected chi connectivity index (χ1v) is 8.06. The van der Waals surface area contributed by atoms with Crippen LogP contribution in [-0.4, -0.2) is 41.4 Å². The van der Waals surface area contributed by atoms with Crippen LogP contribution in [0.1, 0.15) is 37.8 Å². The lowest BCUT2D eigenvalue weighted by Crippen LogP contribution is -2.29. The van der Waals surface area contributed by atoms with Crippen molar-refractivity contribution < 1.29 is 5.11 Å². The van der Waals surface area contributed by atoms with Gasteiger partial charge in [0.15, 0.2) is 0 Å². The lowest BCUT2D eigenvalue weighted by Gasteiger charge is -2.31. The highest BCUT2D eigenvalue weighted by atomic mass is 32.2. The molecule has 0 atom stereocenters. The van der Waals surface area contributed by atoms with Gasteiger partial charge in [0, 0.05) is 12.3 Å². The summed E-state index contributed by atoms with van der Waals surface area (Å²) in [6.45, 7) is 1.04. The number of thioether (sulfide) groups is 1. The highest BCUT2D eigenvalue weighted by Crippen LogP contribution is 2.36. The summed E-state index contributed by atoms with van der Waals surface area (Å²) in [6, 6.07) is 6.03. The SMILES string of the molecule is CN(C)CCSc1cccc(C2(O)CCCCC2)n1. The average Bonchev–Trinajstić information content (AvgIpc) is 2.39. The van der Waals surface area contributed by atoms with Crippen LogP contribution in [0, 0.1) is 0 Å². The zero-order valence-electron chi connectivity index (χ0n) is 11.9. The van der Waals surface area contributed by atoms with Crippen LogP contribution in [0.25, 0.3) is 0 Å². The molecule has 1 aromatic heterocycles. The molecule has 0 aromatic carbocycles. The molecule has 1 saturated carbocycles. The van der Waals surface area contributed by atoms with Crippen molar-refractivity contribution in [3.8, 4) is 0 Å². The van der Waals surface area contributed by atoms with Gasteiger partial charge >= 0.3 is 0 Å². The molecule has 0 radical (unpaired) electrons. The minimum Gasteiger partial charge on any atom is -0.384 e. The summed E-state index contributed by atoms with van der Waals surface area (Å²) in [7, 11) is 4.16. The van der Waals surface area contributed by atoms with Crippen LogP contribution in [0.4, 0.5) is 0 Å². The number of nitrogens with zero attached hydrogens (tertiary/aromatic N) is 2. The van der Waals surface area contributed by atoms with Crippen LogP contribution < -0.4 is 0 Å². The molecule has 1 aromatic rings. The molecule has 1 heterocycles. The molecule has 2 rings (SSSR count). The largest absolute Gasteiger partial charge is 0.384 e. The maximum absolute atomic E-state index is 10.7. The molecule has 0 amide bonds. The summed E-state index contributed by atoms with van der Waals surface area (Å²) in [5, 5.41) is 11.7. The van der Waals surface area contributed by atoms with E-state index in [0.717, 1.165) is 48.7 Å². The Balaban J connectivity index is 2.02. The predicted octanol–water partition coefficient (Wildman–Crippen LogP) is 2.89. The third kappa shape index (κ3) is 4.20. The smallest absolute Gasteiger partial charge is 0.107 e. The second-order valence-electron chi connectivity index (χ2n) is 5.61. The molecule has 1 aliphatic rings.